The molecule has 4 rings (SSSR count). The summed E-state index contributed by atoms with van der Waals surface area (Å²) >= 11 is 0. The molecule has 0 aromatic heterocycles. The number of amides is 3. The lowest BCUT2D eigenvalue weighted by atomic mass is 9.79. The maximum Gasteiger partial charge on any atom is 0.408 e. The molecule has 9 nitrogen and oxygen atoms in total. The number of carbonyl (C=O) groups excluding carboxylic acids is 4. The first kappa shape index (κ1) is 29.8. The van der Waals surface area contributed by atoms with Gasteiger partial charge >= 0.3 is 6.09 Å². The van der Waals surface area contributed by atoms with Crippen LogP contribution in [0.5, 0.6) is 0 Å². The van der Waals surface area contributed by atoms with Gasteiger partial charge in [-0.1, -0.05) is 52.4 Å². The van der Waals surface area contributed by atoms with Crippen molar-refractivity contribution in [3.8, 4) is 0 Å². The lowest BCUT2D eigenvalue weighted by Crippen LogP contribution is -2.60. The van der Waals surface area contributed by atoms with Gasteiger partial charge in [0.25, 0.3) is 0 Å². The van der Waals surface area contributed by atoms with Crippen LogP contribution in [0.15, 0.2) is 0 Å². The van der Waals surface area contributed by atoms with E-state index < -0.39 is 35.9 Å². The van der Waals surface area contributed by atoms with Crippen LogP contribution in [0.25, 0.3) is 0 Å². The number of hydrogen-bond donors (Lipinski definition) is 3. The molecule has 3 saturated carbocycles. The number of hydrogen-bond acceptors (Lipinski definition) is 6. The van der Waals surface area contributed by atoms with Gasteiger partial charge in [0.05, 0.1) is 6.04 Å². The van der Waals surface area contributed by atoms with E-state index in [2.05, 4.69) is 24.5 Å². The number of ether oxygens (including phenoxy) is 1. The van der Waals surface area contributed by atoms with Crippen molar-refractivity contribution in [2.45, 2.75) is 129 Å². The number of fused-ring (bicyclic) bond motifs is 1. The molecule has 4 fully saturated rings. The number of rotatable bonds is 9. The van der Waals surface area contributed by atoms with Gasteiger partial charge in [0.2, 0.25) is 11.8 Å². The lowest BCUT2D eigenvalue weighted by Gasteiger charge is -2.38. The molecule has 4 aliphatic rings. The Bertz CT molecular complexity index is 949. The van der Waals surface area contributed by atoms with Gasteiger partial charge in [-0.05, 0) is 76.0 Å². The van der Waals surface area contributed by atoms with Crippen molar-refractivity contribution in [2.24, 2.45) is 29.1 Å². The van der Waals surface area contributed by atoms with Crippen molar-refractivity contribution in [1.82, 2.24) is 15.5 Å². The number of aliphatic hydroxyl groups excluding tert-OH is 1. The van der Waals surface area contributed by atoms with Crippen LogP contribution in [0.1, 0.15) is 99.3 Å². The van der Waals surface area contributed by atoms with Crippen molar-refractivity contribution in [3.63, 3.8) is 0 Å². The first-order valence-electron chi connectivity index (χ1n) is 15.0. The second kappa shape index (κ2) is 11.4. The number of ketones is 1. The van der Waals surface area contributed by atoms with Crippen LogP contribution >= 0.6 is 0 Å². The van der Waals surface area contributed by atoms with Crippen molar-refractivity contribution in [1.29, 1.82) is 0 Å². The molecule has 1 saturated heterocycles. The quantitative estimate of drug-likeness (QED) is 0.405. The molecule has 1 aliphatic heterocycles. The second-order valence-corrected chi connectivity index (χ2v) is 14.1. The van der Waals surface area contributed by atoms with E-state index in [-0.39, 0.29) is 40.8 Å². The summed E-state index contributed by atoms with van der Waals surface area (Å²) in [4.78, 5) is 54.6. The van der Waals surface area contributed by atoms with Crippen LogP contribution in [-0.4, -0.2) is 70.1 Å². The summed E-state index contributed by atoms with van der Waals surface area (Å²) in [5.41, 5.74) is -0.778. The third-order valence-corrected chi connectivity index (χ3v) is 9.76. The zero-order valence-corrected chi connectivity index (χ0v) is 24.6. The molecule has 0 bridgehead atoms. The van der Waals surface area contributed by atoms with Crippen molar-refractivity contribution in [3.05, 3.63) is 0 Å². The highest BCUT2D eigenvalue weighted by Crippen LogP contribution is 2.65. The summed E-state index contributed by atoms with van der Waals surface area (Å²) in [5, 5.41) is 16.5. The van der Waals surface area contributed by atoms with E-state index in [9.17, 15) is 24.3 Å². The molecule has 3 N–H and O–H groups in total. The normalized spacial score (nSPS) is 28.9. The van der Waals surface area contributed by atoms with Crippen molar-refractivity contribution < 1.29 is 29.0 Å². The Balaban J connectivity index is 1.55. The Morgan fingerprint density at radius 3 is 2.18 bits per heavy atom. The fourth-order valence-electron chi connectivity index (χ4n) is 7.18. The number of aliphatic hydroxyl groups is 1. The van der Waals surface area contributed by atoms with E-state index in [1.807, 2.05) is 0 Å². The maximum atomic E-state index is 14.2. The minimum Gasteiger partial charge on any atom is -0.444 e. The second-order valence-electron chi connectivity index (χ2n) is 14.1. The van der Waals surface area contributed by atoms with Gasteiger partial charge in [0, 0.05) is 6.54 Å². The van der Waals surface area contributed by atoms with E-state index in [1.54, 1.807) is 25.7 Å². The monoisotopic (exact) mass is 547 g/mol. The fourth-order valence-corrected chi connectivity index (χ4v) is 7.18. The number of carbonyl (C=O) groups is 4. The number of Topliss-reactive ketones (excluding diaryl/α,β-unsaturated/α-hetero) is 1. The van der Waals surface area contributed by atoms with Crippen LogP contribution in [-0.2, 0) is 19.1 Å². The van der Waals surface area contributed by atoms with Gasteiger partial charge in [-0.25, -0.2) is 4.79 Å². The Labute approximate surface area is 233 Å². The summed E-state index contributed by atoms with van der Waals surface area (Å²) in [6, 6.07) is -2.14. The van der Waals surface area contributed by atoms with Gasteiger partial charge in [0.1, 0.15) is 23.8 Å². The highest BCUT2D eigenvalue weighted by molar-refractivity contribution is 5.93. The zero-order chi connectivity index (χ0) is 28.7. The molecule has 0 radical (unpaired) electrons. The molecule has 1 heterocycles. The largest absolute Gasteiger partial charge is 0.444 e. The minimum atomic E-state index is -1.27. The van der Waals surface area contributed by atoms with E-state index in [0.717, 1.165) is 51.4 Å². The van der Waals surface area contributed by atoms with Crippen LogP contribution < -0.4 is 10.6 Å². The number of nitrogens with one attached hydrogen (secondary N) is 2. The van der Waals surface area contributed by atoms with Gasteiger partial charge in [0.15, 0.2) is 5.78 Å². The molecular formula is C30H49N3O6. The molecule has 6 atom stereocenters. The summed E-state index contributed by atoms with van der Waals surface area (Å²) in [6.07, 6.45) is 6.62. The summed E-state index contributed by atoms with van der Waals surface area (Å²) in [6.45, 7) is 11.4. The highest BCUT2D eigenvalue weighted by atomic mass is 16.6. The fraction of sp³-hybridized carbons (Fsp3) is 0.867. The van der Waals surface area contributed by atoms with E-state index >= 15 is 0 Å². The van der Waals surface area contributed by atoms with Gasteiger partial charge in [-0.3, -0.25) is 14.4 Å². The Hall–Kier alpha value is -2.16. The smallest absolute Gasteiger partial charge is 0.408 e. The Morgan fingerprint density at radius 1 is 1.00 bits per heavy atom. The van der Waals surface area contributed by atoms with Crippen LogP contribution in [0, 0.1) is 29.1 Å². The number of piperidine rings is 1. The van der Waals surface area contributed by atoms with Crippen LogP contribution in [0.3, 0.4) is 0 Å². The van der Waals surface area contributed by atoms with Crippen molar-refractivity contribution >= 4 is 23.7 Å². The zero-order valence-electron chi connectivity index (χ0n) is 24.6. The predicted molar refractivity (Wildman–Crippen MR) is 147 cm³/mol. The van der Waals surface area contributed by atoms with Crippen LogP contribution in [0.2, 0.25) is 0 Å². The van der Waals surface area contributed by atoms with E-state index in [4.69, 9.17) is 4.74 Å². The van der Waals surface area contributed by atoms with Gasteiger partial charge in [-0.15, -0.1) is 0 Å². The predicted octanol–water partition coefficient (Wildman–Crippen LogP) is 3.57. The Kier molecular flexibility index (Phi) is 8.70. The average Bonchev–Trinajstić information content (AvgIpc) is 3.15. The third kappa shape index (κ3) is 6.60. The molecule has 0 aromatic carbocycles. The molecule has 39 heavy (non-hydrogen) atoms. The van der Waals surface area contributed by atoms with Gasteiger partial charge < -0.3 is 25.4 Å². The Morgan fingerprint density at radius 2 is 1.64 bits per heavy atom. The first-order chi connectivity index (χ1) is 18.2. The first-order valence-corrected chi connectivity index (χ1v) is 15.0. The molecule has 3 unspecified atom stereocenters. The number of nitrogens with zero attached hydrogens (tertiary/aromatic N) is 1. The summed E-state index contributed by atoms with van der Waals surface area (Å²) in [7, 11) is 0. The SMILES string of the molecule is CC(=O)C(O)[C@@H](CC1CCC1)NC(=O)[C@@H]1C2C(CN1C(=O)[C@@H](NC(=O)OC(C)(C)C)C1CCCCC1)C2(C)C. The van der Waals surface area contributed by atoms with E-state index in [0.29, 0.717) is 18.9 Å². The molecule has 3 amide bonds. The maximum absolute atomic E-state index is 14.2. The summed E-state index contributed by atoms with van der Waals surface area (Å²) < 4.78 is 5.50. The number of likely N-dealkylation sites (tertiary alicyclic amines) is 1. The molecular weight excluding hydrogens is 498 g/mol. The molecule has 220 valence electrons. The highest BCUT2D eigenvalue weighted by Gasteiger charge is 2.69. The van der Waals surface area contributed by atoms with E-state index in [1.165, 1.54) is 6.92 Å². The lowest BCUT2D eigenvalue weighted by molar-refractivity contribution is -0.144. The molecule has 9 heteroatoms. The molecule has 3 aliphatic carbocycles. The molecule has 0 aromatic rings. The van der Waals surface area contributed by atoms with Gasteiger partial charge in [-0.2, -0.15) is 0 Å². The van der Waals surface area contributed by atoms with Crippen LogP contribution in [0.4, 0.5) is 4.79 Å². The number of alkyl carbamates (subject to hydrolysis) is 1. The topological polar surface area (TPSA) is 125 Å². The minimum absolute atomic E-state index is 0.00573. The van der Waals surface area contributed by atoms with Crippen molar-refractivity contribution in [2.75, 3.05) is 6.54 Å². The third-order valence-electron chi connectivity index (χ3n) is 9.76. The average molecular weight is 548 g/mol. The molecule has 0 spiro atoms. The standard InChI is InChI=1S/C30H49N3O6/c1-17(34)25(35)21(15-18-11-10-12-18)31-26(36)24-22-20(30(22,5)6)16-33(24)27(37)23(19-13-8-7-9-14-19)32-28(38)39-29(2,3)4/h18-25,35H,7-16H2,1-6H3,(H,31,36)(H,32,38)/t20?,21-,22?,23+,24+,25?/m1/s1. The summed E-state index contributed by atoms with van der Waals surface area (Å²) in [5.74, 6) is -0.378.